The van der Waals surface area contributed by atoms with Crippen LogP contribution >= 0.6 is 0 Å². The molecule has 0 fully saturated rings. The molecule has 0 aromatic heterocycles. The van der Waals surface area contributed by atoms with Crippen molar-refractivity contribution in [3.63, 3.8) is 0 Å². The van der Waals surface area contributed by atoms with Crippen molar-refractivity contribution in [3.05, 3.63) is 71.9 Å². The summed E-state index contributed by atoms with van der Waals surface area (Å²) in [6, 6.07) is 0. The van der Waals surface area contributed by atoms with Crippen molar-refractivity contribution in [1.29, 1.82) is 0 Å². The topological polar surface area (TPSA) is 0 Å². The normalized spacial score (nSPS) is 15.9. The van der Waals surface area contributed by atoms with Gasteiger partial charge >= 0.3 is 0 Å². The van der Waals surface area contributed by atoms with E-state index in [-0.39, 0.29) is 16.8 Å². The lowest BCUT2D eigenvalue weighted by Gasteiger charge is -1.95. The Morgan fingerprint density at radius 2 is 0.706 bits per heavy atom. The minimum Gasteiger partial charge on any atom is -0.0999 e. The molecule has 2 atom stereocenters. The lowest BCUT2D eigenvalue weighted by atomic mass is 10.1. The van der Waals surface area contributed by atoms with Crippen LogP contribution in [0.5, 0.6) is 0 Å². The zero-order chi connectivity index (χ0) is 26.8. The fraction of sp³-hybridized carbons (Fsp3) is 0.600. The van der Waals surface area contributed by atoms with Gasteiger partial charge in [-0.25, -0.2) is 0 Å². The lowest BCUT2D eigenvalue weighted by Crippen LogP contribution is -1.83. The van der Waals surface area contributed by atoms with Gasteiger partial charge in [0.05, 0.1) is 15.7 Å². The Morgan fingerprint density at radius 3 is 0.912 bits per heavy atom. The maximum atomic E-state index is 4.50. The molecule has 190 valence electrons. The zero-order valence-corrected chi connectivity index (χ0v) is 25.7. The lowest BCUT2D eigenvalue weighted by molar-refractivity contribution is 1.01. The average Bonchev–Trinajstić information content (AvgIpc) is 3.73. The molecule has 4 aliphatic carbocycles. The van der Waals surface area contributed by atoms with Crippen molar-refractivity contribution in [2.45, 2.75) is 110 Å². The monoisotopic (exact) mass is 462 g/mol. The number of rotatable bonds is 0. The second-order valence-corrected chi connectivity index (χ2v) is 4.57. The molecule has 0 saturated carbocycles. The zero-order valence-electron chi connectivity index (χ0n) is 25.7. The molecule has 0 N–H and O–H groups in total. The Morgan fingerprint density at radius 1 is 0.471 bits per heavy atom. The number of hydrogen-bond donors (Lipinski definition) is 0. The first-order valence-electron chi connectivity index (χ1n) is 13.2. The summed E-state index contributed by atoms with van der Waals surface area (Å²) >= 11 is 0. The molecule has 0 spiro atoms. The van der Waals surface area contributed by atoms with Crippen LogP contribution in [-0.2, 0) is 0 Å². The van der Waals surface area contributed by atoms with Gasteiger partial charge in [0.25, 0.3) is 0 Å². The van der Waals surface area contributed by atoms with Gasteiger partial charge in [-0.1, -0.05) is 169 Å². The van der Waals surface area contributed by atoms with E-state index in [0.717, 1.165) is 0 Å². The quantitative estimate of drug-likeness (QED) is 0.248. The molecular weight excluding hydrogens is 404 g/mol. The van der Waals surface area contributed by atoms with Gasteiger partial charge in [-0.15, -0.1) is 0 Å². The number of allylic oxidation sites excluding steroid dienone is 12. The molecular formula is C30H58B4. The Hall–Kier alpha value is -1.30. The minimum absolute atomic E-state index is 0. The summed E-state index contributed by atoms with van der Waals surface area (Å²) in [6.07, 6.45) is 24.5. The predicted molar refractivity (Wildman–Crippen MR) is 172 cm³/mol. The first kappa shape index (κ1) is 53.9. The molecule has 0 aromatic carbocycles. The molecule has 0 aromatic rings. The highest BCUT2D eigenvalue weighted by atomic mass is 14.2. The highest BCUT2D eigenvalue weighted by Crippen LogP contribution is 2.29. The van der Waals surface area contributed by atoms with Crippen molar-refractivity contribution < 1.29 is 0 Å². The Bertz CT molecular complexity index is 426. The number of fused-ring (bicyclic) bond motifs is 2. The third-order valence-corrected chi connectivity index (χ3v) is 3.51. The SMILES string of the molecule is C1=CC2C=CCC2=C1.C1=CC2C=CCC2=C1.CC.CC.CC.CC.CC.CC.[B].[B].[B]C.[B]C. The molecule has 4 rings (SSSR count). The molecule has 0 saturated heterocycles. The largest absolute Gasteiger partial charge is 0.0999 e. The minimum atomic E-state index is 0. The Labute approximate surface area is 225 Å². The van der Waals surface area contributed by atoms with Crippen LogP contribution in [0.2, 0.25) is 13.6 Å². The second kappa shape index (κ2) is 58.0. The first-order chi connectivity index (χ1) is 15.9. The summed E-state index contributed by atoms with van der Waals surface area (Å²) in [5.74, 6) is 1.35. The van der Waals surface area contributed by atoms with Crippen molar-refractivity contribution in [2.24, 2.45) is 11.8 Å². The second-order valence-electron chi connectivity index (χ2n) is 4.57. The van der Waals surface area contributed by atoms with E-state index in [1.54, 1.807) is 11.1 Å². The predicted octanol–water partition coefficient (Wildman–Crippen LogP) is 9.92. The summed E-state index contributed by atoms with van der Waals surface area (Å²) in [5, 5.41) is 0. The molecule has 0 heterocycles. The molecule has 4 heteroatoms. The van der Waals surface area contributed by atoms with Gasteiger partial charge in [0.1, 0.15) is 0 Å². The van der Waals surface area contributed by atoms with E-state index >= 15 is 0 Å². The van der Waals surface area contributed by atoms with Gasteiger partial charge in [0.2, 0.25) is 0 Å². The van der Waals surface area contributed by atoms with E-state index < -0.39 is 0 Å². The van der Waals surface area contributed by atoms with Gasteiger partial charge in [-0.2, -0.15) is 0 Å². The summed E-state index contributed by atoms with van der Waals surface area (Å²) in [6.45, 7) is 27.0. The third-order valence-electron chi connectivity index (χ3n) is 3.51. The first-order valence-corrected chi connectivity index (χ1v) is 13.2. The van der Waals surface area contributed by atoms with E-state index in [1.165, 1.54) is 26.5 Å². The van der Waals surface area contributed by atoms with E-state index in [4.69, 9.17) is 0 Å². The number of hydrogen-bond acceptors (Lipinski definition) is 0. The molecule has 0 amide bonds. The summed E-state index contributed by atoms with van der Waals surface area (Å²) in [5.41, 5.74) is 3.12. The van der Waals surface area contributed by atoms with Crippen LogP contribution in [0.3, 0.4) is 0 Å². The Kier molecular flexibility index (Phi) is 91.8. The molecule has 0 bridgehead atoms. The average molecular weight is 462 g/mol. The molecule has 34 heavy (non-hydrogen) atoms. The fourth-order valence-corrected chi connectivity index (χ4v) is 2.55. The van der Waals surface area contributed by atoms with Crippen LogP contribution < -0.4 is 0 Å². The van der Waals surface area contributed by atoms with Crippen LogP contribution in [0.1, 0.15) is 95.9 Å². The van der Waals surface area contributed by atoms with Crippen LogP contribution in [0.4, 0.5) is 0 Å². The molecule has 10 radical (unpaired) electrons. The van der Waals surface area contributed by atoms with Gasteiger partial charge in [0.15, 0.2) is 0 Å². The summed E-state index contributed by atoms with van der Waals surface area (Å²) in [7, 11) is 9.00. The third kappa shape index (κ3) is 28.7. The van der Waals surface area contributed by atoms with Crippen molar-refractivity contribution in [1.82, 2.24) is 0 Å². The van der Waals surface area contributed by atoms with Gasteiger partial charge < -0.3 is 0 Å². The summed E-state index contributed by atoms with van der Waals surface area (Å²) in [4.78, 5) is 0. The van der Waals surface area contributed by atoms with Crippen molar-refractivity contribution in [2.75, 3.05) is 0 Å². The van der Waals surface area contributed by atoms with Crippen molar-refractivity contribution in [3.8, 4) is 0 Å². The maximum absolute atomic E-state index is 4.50. The molecule has 0 aliphatic heterocycles. The highest BCUT2D eigenvalue weighted by Gasteiger charge is 2.14. The highest BCUT2D eigenvalue weighted by molar-refractivity contribution is 6.05. The van der Waals surface area contributed by atoms with Gasteiger partial charge in [-0.3, -0.25) is 0 Å². The van der Waals surface area contributed by atoms with E-state index in [1.807, 2.05) is 83.1 Å². The standard InChI is InChI=1S/2C8H8.6C2H6.2CH3B.2B/c2*1-3-7-5-2-6-8(7)4-1;8*1-2;;/h2*1-5,7H,6H2;6*1-2H3;2*1H3;;. The van der Waals surface area contributed by atoms with E-state index in [2.05, 4.69) is 76.5 Å². The summed E-state index contributed by atoms with van der Waals surface area (Å²) < 4.78 is 0. The van der Waals surface area contributed by atoms with Crippen molar-refractivity contribution >= 4 is 32.5 Å². The van der Waals surface area contributed by atoms with Crippen LogP contribution in [0.15, 0.2) is 71.9 Å². The van der Waals surface area contributed by atoms with Crippen LogP contribution in [-0.4, -0.2) is 32.5 Å². The van der Waals surface area contributed by atoms with Gasteiger partial charge in [0, 0.05) is 28.7 Å². The van der Waals surface area contributed by atoms with Crippen LogP contribution in [0, 0.1) is 11.8 Å². The maximum Gasteiger partial charge on any atom is 0.0606 e. The fourth-order valence-electron chi connectivity index (χ4n) is 2.55. The van der Waals surface area contributed by atoms with Crippen LogP contribution in [0.25, 0.3) is 0 Å². The smallest absolute Gasteiger partial charge is 0.0606 e. The molecule has 4 aliphatic rings. The van der Waals surface area contributed by atoms with Gasteiger partial charge in [-0.05, 0) is 12.8 Å². The van der Waals surface area contributed by atoms with E-state index in [0.29, 0.717) is 11.8 Å². The molecule has 2 unspecified atom stereocenters. The van der Waals surface area contributed by atoms with E-state index in [9.17, 15) is 0 Å². The molecule has 0 nitrogen and oxygen atoms in total. The Balaban J connectivity index is -0.0000000408.